The van der Waals surface area contributed by atoms with Crippen LogP contribution < -0.4 is 14.8 Å². The second-order valence-corrected chi connectivity index (χ2v) is 18.3. The van der Waals surface area contributed by atoms with E-state index in [1.807, 2.05) is 24.6 Å². The highest BCUT2D eigenvalue weighted by atomic mass is 28.3. The number of anilines is 1. The number of hydrogen-bond donors (Lipinski definition) is 1. The maximum Gasteiger partial charge on any atom is 0.417 e. The summed E-state index contributed by atoms with van der Waals surface area (Å²) in [5.74, 6) is -2.73. The highest BCUT2D eigenvalue weighted by Crippen LogP contribution is 2.44. The fourth-order valence-electron chi connectivity index (χ4n) is 5.01. The lowest BCUT2D eigenvalue weighted by atomic mass is 9.91. The molecule has 2 aromatic carbocycles. The summed E-state index contributed by atoms with van der Waals surface area (Å²) >= 11 is 0. The Morgan fingerprint density at radius 2 is 1.83 bits per heavy atom. The summed E-state index contributed by atoms with van der Waals surface area (Å²) in [6.07, 6.45) is 2.14. The Kier molecular flexibility index (Phi) is 9.91. The summed E-state index contributed by atoms with van der Waals surface area (Å²) in [6.45, 7) is 12.0. The number of fused-ring (bicyclic) bond motifs is 1. The Morgan fingerprint density at radius 1 is 1.15 bits per heavy atom. The number of nitro groups is 1. The van der Waals surface area contributed by atoms with E-state index in [1.165, 1.54) is 24.4 Å². The first-order valence-electron chi connectivity index (χ1n) is 15.0. The standard InChI is InChI=1S/C32H36F2N4O8Si/c1-20(2)46-32(17-43-18-32)24-16-37(19-42-12-13-47(3,4)5)30-28(24)27(10-11-35-30)45-29-25(33)14-21(15-26(29)34)36-31(39)44-23-8-6-22(7-9-23)38(40)41/h6-11,14-16,20H,12-13,17-19H2,1-5H3,(H,36,39). The van der Waals surface area contributed by atoms with E-state index >= 15 is 8.78 Å². The summed E-state index contributed by atoms with van der Waals surface area (Å²) in [7, 11) is -1.32. The zero-order chi connectivity index (χ0) is 33.9. The molecule has 0 radical (unpaired) electrons. The predicted octanol–water partition coefficient (Wildman–Crippen LogP) is 7.59. The molecule has 250 valence electrons. The van der Waals surface area contributed by atoms with Crippen molar-refractivity contribution < 1.29 is 42.2 Å². The van der Waals surface area contributed by atoms with Gasteiger partial charge in [0.05, 0.1) is 35.3 Å². The summed E-state index contributed by atoms with van der Waals surface area (Å²) in [4.78, 5) is 27.1. The molecule has 3 heterocycles. The van der Waals surface area contributed by atoms with Gasteiger partial charge in [0, 0.05) is 56.9 Å². The monoisotopic (exact) mass is 670 g/mol. The number of amides is 1. The van der Waals surface area contributed by atoms with Crippen molar-refractivity contribution in [2.45, 2.75) is 58.0 Å². The average Bonchev–Trinajstić information content (AvgIpc) is 3.34. The third-order valence-electron chi connectivity index (χ3n) is 7.28. The van der Waals surface area contributed by atoms with Crippen molar-refractivity contribution in [1.82, 2.24) is 9.55 Å². The van der Waals surface area contributed by atoms with Gasteiger partial charge in [-0.05, 0) is 38.1 Å². The average molecular weight is 671 g/mol. The zero-order valence-corrected chi connectivity index (χ0v) is 27.7. The number of nitro benzene ring substituents is 1. The van der Waals surface area contributed by atoms with Crippen molar-refractivity contribution in [3.05, 3.63) is 82.2 Å². The molecule has 0 aliphatic carbocycles. The molecule has 0 saturated carbocycles. The fourth-order valence-corrected chi connectivity index (χ4v) is 5.76. The van der Waals surface area contributed by atoms with E-state index in [9.17, 15) is 14.9 Å². The number of rotatable bonds is 13. The van der Waals surface area contributed by atoms with Crippen molar-refractivity contribution in [1.29, 1.82) is 0 Å². The van der Waals surface area contributed by atoms with Gasteiger partial charge in [-0.1, -0.05) is 19.6 Å². The van der Waals surface area contributed by atoms with Gasteiger partial charge in [0.1, 0.15) is 29.5 Å². The first-order chi connectivity index (χ1) is 22.2. The van der Waals surface area contributed by atoms with Crippen LogP contribution in [-0.4, -0.2) is 54.6 Å². The number of aromatic nitrogens is 2. The van der Waals surface area contributed by atoms with Crippen LogP contribution in [0.1, 0.15) is 19.4 Å². The van der Waals surface area contributed by atoms with Crippen LogP contribution in [0.15, 0.2) is 54.9 Å². The number of non-ortho nitro benzene ring substituents is 1. The summed E-state index contributed by atoms with van der Waals surface area (Å²) in [5.41, 5.74) is -0.0828. The van der Waals surface area contributed by atoms with Crippen LogP contribution >= 0.6 is 0 Å². The van der Waals surface area contributed by atoms with E-state index in [1.54, 1.807) is 0 Å². The second kappa shape index (κ2) is 13.7. The molecule has 1 amide bonds. The normalized spacial score (nSPS) is 14.2. The van der Waals surface area contributed by atoms with Gasteiger partial charge in [-0.3, -0.25) is 15.4 Å². The molecule has 4 aromatic rings. The topological polar surface area (TPSA) is 136 Å². The number of carbonyl (C=O) groups is 1. The van der Waals surface area contributed by atoms with Crippen LogP contribution in [-0.2, 0) is 26.5 Å². The summed E-state index contributed by atoms with van der Waals surface area (Å²) in [6, 6.07) is 9.01. The molecule has 1 aliphatic rings. The third kappa shape index (κ3) is 7.93. The van der Waals surface area contributed by atoms with Crippen LogP contribution in [0.25, 0.3) is 11.0 Å². The molecule has 0 spiro atoms. The van der Waals surface area contributed by atoms with Gasteiger partial charge in [-0.2, -0.15) is 0 Å². The van der Waals surface area contributed by atoms with E-state index in [0.29, 0.717) is 23.2 Å². The quantitative estimate of drug-likeness (QED) is 0.0660. The minimum atomic E-state index is -1.32. The van der Waals surface area contributed by atoms with Crippen molar-refractivity contribution >= 4 is 36.6 Å². The second-order valence-electron chi connectivity index (χ2n) is 12.7. The van der Waals surface area contributed by atoms with Gasteiger partial charge >= 0.3 is 6.09 Å². The predicted molar refractivity (Wildman–Crippen MR) is 172 cm³/mol. The fraction of sp³-hybridized carbons (Fsp3) is 0.375. The SMILES string of the molecule is CC(C)OC1(c2cn(COCC[Si](C)(C)C)c3nccc(Oc4c(F)cc(NC(=O)Oc5ccc([N+](=O)[O-])cc5)cc4F)c23)COC1. The zero-order valence-electron chi connectivity index (χ0n) is 26.7. The number of nitrogens with one attached hydrogen (secondary N) is 1. The van der Waals surface area contributed by atoms with Crippen molar-refractivity contribution in [2.24, 2.45) is 0 Å². The lowest BCUT2D eigenvalue weighted by Gasteiger charge is -2.42. The molecule has 1 N–H and O–H groups in total. The van der Waals surface area contributed by atoms with Crippen LogP contribution in [0.4, 0.5) is 25.0 Å². The number of halogens is 2. The Labute approximate surface area is 270 Å². The Balaban J connectivity index is 1.41. The van der Waals surface area contributed by atoms with E-state index in [-0.39, 0.29) is 48.9 Å². The minimum absolute atomic E-state index is 0.00372. The number of ether oxygens (including phenoxy) is 5. The molecule has 1 fully saturated rings. The van der Waals surface area contributed by atoms with E-state index < -0.39 is 42.1 Å². The molecule has 0 bridgehead atoms. The van der Waals surface area contributed by atoms with Gasteiger partial charge in [-0.15, -0.1) is 0 Å². The largest absolute Gasteiger partial charge is 0.450 e. The maximum absolute atomic E-state index is 15.4. The number of pyridine rings is 1. The highest BCUT2D eigenvalue weighted by molar-refractivity contribution is 6.76. The molecular weight excluding hydrogens is 634 g/mol. The van der Waals surface area contributed by atoms with Gasteiger partial charge in [-0.25, -0.2) is 18.6 Å². The molecule has 1 aliphatic heterocycles. The van der Waals surface area contributed by atoms with Crippen molar-refractivity contribution in [3.63, 3.8) is 0 Å². The van der Waals surface area contributed by atoms with Crippen molar-refractivity contribution in [3.8, 4) is 17.2 Å². The Morgan fingerprint density at radius 3 is 2.40 bits per heavy atom. The van der Waals surface area contributed by atoms with Gasteiger partial charge in [0.2, 0.25) is 0 Å². The molecular formula is C32H36F2N4O8Si. The first kappa shape index (κ1) is 33.9. The number of carbonyl (C=O) groups excluding carboxylic acids is 1. The number of benzene rings is 2. The van der Waals surface area contributed by atoms with Crippen LogP contribution in [0, 0.1) is 21.7 Å². The van der Waals surface area contributed by atoms with Gasteiger partial charge in [0.25, 0.3) is 5.69 Å². The summed E-state index contributed by atoms with van der Waals surface area (Å²) < 4.78 is 61.4. The van der Waals surface area contributed by atoms with Gasteiger partial charge < -0.3 is 28.3 Å². The van der Waals surface area contributed by atoms with Crippen molar-refractivity contribution in [2.75, 3.05) is 25.1 Å². The summed E-state index contributed by atoms with van der Waals surface area (Å²) in [5, 5.41) is 13.6. The van der Waals surface area contributed by atoms with E-state index in [2.05, 4.69) is 29.9 Å². The molecule has 0 atom stereocenters. The highest BCUT2D eigenvalue weighted by Gasteiger charge is 2.45. The molecule has 5 rings (SSSR count). The van der Waals surface area contributed by atoms with Crippen LogP contribution in [0.5, 0.6) is 17.2 Å². The molecule has 15 heteroatoms. The van der Waals surface area contributed by atoms with E-state index in [0.717, 1.165) is 30.3 Å². The minimum Gasteiger partial charge on any atom is -0.450 e. The Hall–Kier alpha value is -4.44. The van der Waals surface area contributed by atoms with E-state index in [4.69, 9.17) is 23.7 Å². The molecule has 1 saturated heterocycles. The van der Waals surface area contributed by atoms with Crippen LogP contribution in [0.3, 0.4) is 0 Å². The maximum atomic E-state index is 15.4. The smallest absolute Gasteiger partial charge is 0.417 e. The molecule has 2 aromatic heterocycles. The number of nitrogens with zero attached hydrogens (tertiary/aromatic N) is 3. The lowest BCUT2D eigenvalue weighted by Crippen LogP contribution is -2.50. The molecule has 0 unspecified atom stereocenters. The third-order valence-corrected chi connectivity index (χ3v) is 8.99. The van der Waals surface area contributed by atoms with Gasteiger partial charge in [0.15, 0.2) is 17.4 Å². The van der Waals surface area contributed by atoms with Crippen LogP contribution in [0.2, 0.25) is 25.7 Å². The molecule has 47 heavy (non-hydrogen) atoms. The number of hydrogen-bond acceptors (Lipinski definition) is 9. The molecule has 12 nitrogen and oxygen atoms in total. The first-order valence-corrected chi connectivity index (χ1v) is 18.7. The lowest BCUT2D eigenvalue weighted by molar-refractivity contribution is -0.384. The Bertz CT molecular complexity index is 1750.